The number of fused-ring (bicyclic) bond motifs is 1. The number of carbonyl (C=O) groups is 1. The Morgan fingerprint density at radius 1 is 1.12 bits per heavy atom. The molecule has 0 aliphatic heterocycles. The summed E-state index contributed by atoms with van der Waals surface area (Å²) in [7, 11) is 0. The largest absolute Gasteiger partial charge is 0.424 e. The summed E-state index contributed by atoms with van der Waals surface area (Å²) in [5.41, 5.74) is -1.96. The van der Waals surface area contributed by atoms with Crippen molar-refractivity contribution in [2.24, 2.45) is 0 Å². The molecule has 7 heteroatoms. The number of alkyl halides is 3. The summed E-state index contributed by atoms with van der Waals surface area (Å²) in [6.07, 6.45) is -6.14. The highest BCUT2D eigenvalue weighted by atomic mass is 32.1. The van der Waals surface area contributed by atoms with Crippen LogP contribution in [0.4, 0.5) is 13.2 Å². The van der Waals surface area contributed by atoms with Gasteiger partial charge >= 0.3 is 6.18 Å². The number of rotatable bonds is 4. The van der Waals surface area contributed by atoms with Gasteiger partial charge in [-0.25, -0.2) is 4.98 Å². The zero-order chi connectivity index (χ0) is 18.2. The van der Waals surface area contributed by atoms with E-state index in [-0.39, 0.29) is 5.56 Å². The van der Waals surface area contributed by atoms with E-state index in [1.54, 1.807) is 43.3 Å². The lowest BCUT2D eigenvalue weighted by Crippen LogP contribution is -2.44. The average molecular weight is 365 g/mol. The zero-order valence-corrected chi connectivity index (χ0v) is 14.0. The summed E-state index contributed by atoms with van der Waals surface area (Å²) in [6, 6.07) is 12.7. The first-order valence-corrected chi connectivity index (χ1v) is 8.27. The molecule has 0 saturated heterocycles. The van der Waals surface area contributed by atoms with Crippen LogP contribution in [-0.2, 0) is 5.60 Å². The van der Waals surface area contributed by atoms with Crippen LogP contribution in [0.25, 0.3) is 10.2 Å². The van der Waals surface area contributed by atoms with E-state index in [4.69, 9.17) is 0 Å². The maximum absolute atomic E-state index is 13.6. The lowest BCUT2D eigenvalue weighted by atomic mass is 9.93. The summed E-state index contributed by atoms with van der Waals surface area (Å²) in [4.78, 5) is 16.2. The summed E-state index contributed by atoms with van der Waals surface area (Å²) in [5, 5.41) is 9.88. The van der Waals surface area contributed by atoms with Crippen molar-refractivity contribution in [1.82, 2.24) is 4.98 Å². The van der Waals surface area contributed by atoms with Crippen LogP contribution in [0.3, 0.4) is 0 Å². The molecule has 0 saturated carbocycles. The minimum Gasteiger partial charge on any atom is -0.374 e. The molecule has 0 radical (unpaired) electrons. The molecule has 130 valence electrons. The number of thiazole rings is 1. The number of aromatic nitrogens is 1. The quantitative estimate of drug-likeness (QED) is 0.686. The van der Waals surface area contributed by atoms with Crippen LogP contribution in [-0.4, -0.2) is 22.1 Å². The van der Waals surface area contributed by atoms with Gasteiger partial charge in [-0.05, 0) is 19.1 Å². The van der Waals surface area contributed by atoms with Crippen LogP contribution in [0, 0.1) is 6.92 Å². The number of carbonyl (C=O) groups excluding carboxylic acids is 1. The Labute approximate surface area is 145 Å². The van der Waals surface area contributed by atoms with Crippen LogP contribution in [0.15, 0.2) is 48.5 Å². The molecule has 0 unspecified atom stereocenters. The highest BCUT2D eigenvalue weighted by molar-refractivity contribution is 7.18. The Kier molecular flexibility index (Phi) is 4.38. The third-order valence-electron chi connectivity index (χ3n) is 3.91. The van der Waals surface area contributed by atoms with Crippen LogP contribution in [0.1, 0.15) is 27.3 Å². The van der Waals surface area contributed by atoms with Crippen LogP contribution in [0.2, 0.25) is 0 Å². The zero-order valence-electron chi connectivity index (χ0n) is 13.2. The van der Waals surface area contributed by atoms with Gasteiger partial charge in [-0.2, -0.15) is 13.2 Å². The fourth-order valence-electron chi connectivity index (χ4n) is 2.42. The maximum Gasteiger partial charge on any atom is 0.424 e. The number of ketones is 1. The van der Waals surface area contributed by atoms with E-state index in [1.165, 1.54) is 12.1 Å². The molecular formula is C18H14F3NO2S. The second-order valence-corrected chi connectivity index (χ2v) is 6.84. The fourth-order valence-corrected chi connectivity index (χ4v) is 3.49. The lowest BCUT2D eigenvalue weighted by molar-refractivity contribution is -0.264. The maximum atomic E-state index is 13.6. The monoisotopic (exact) mass is 365 g/mol. The fraction of sp³-hybridized carbons (Fsp3) is 0.222. The third-order valence-corrected chi connectivity index (χ3v) is 5.09. The molecular weight excluding hydrogens is 351 g/mol. The Hall–Kier alpha value is -2.25. The van der Waals surface area contributed by atoms with Gasteiger partial charge in [0.2, 0.25) is 5.60 Å². The number of aliphatic hydroxyl groups is 1. The Bertz CT molecular complexity index is 885. The van der Waals surface area contributed by atoms with E-state index in [1.807, 2.05) is 0 Å². The Balaban J connectivity index is 2.01. The van der Waals surface area contributed by atoms with Crippen LogP contribution in [0.5, 0.6) is 0 Å². The molecule has 0 fully saturated rings. The van der Waals surface area contributed by atoms with E-state index < -0.39 is 29.0 Å². The lowest BCUT2D eigenvalue weighted by Gasteiger charge is -2.27. The average Bonchev–Trinajstić information content (AvgIpc) is 2.98. The van der Waals surface area contributed by atoms with E-state index >= 15 is 0 Å². The summed E-state index contributed by atoms with van der Waals surface area (Å²) in [6.45, 7) is 1.81. The number of benzene rings is 2. The van der Waals surface area contributed by atoms with Gasteiger partial charge in [-0.3, -0.25) is 4.79 Å². The van der Waals surface area contributed by atoms with Gasteiger partial charge in [-0.1, -0.05) is 42.0 Å². The first kappa shape index (κ1) is 17.6. The third kappa shape index (κ3) is 3.29. The number of aryl methyl sites for hydroxylation is 1. The molecule has 3 rings (SSSR count). The number of Topliss-reactive ketones (excluding diaryl/α,β-unsaturated/α-hetero) is 1. The number of hydrogen-bond donors (Lipinski definition) is 1. The smallest absolute Gasteiger partial charge is 0.374 e. The molecule has 25 heavy (non-hydrogen) atoms. The van der Waals surface area contributed by atoms with E-state index in [0.717, 1.165) is 16.9 Å². The summed E-state index contributed by atoms with van der Waals surface area (Å²) in [5.74, 6) is -0.793. The molecule has 3 aromatic rings. The molecule has 1 heterocycles. The van der Waals surface area contributed by atoms with Crippen molar-refractivity contribution < 1.29 is 23.1 Å². The molecule has 1 atom stereocenters. The van der Waals surface area contributed by atoms with Gasteiger partial charge in [0.15, 0.2) is 5.78 Å². The minimum atomic E-state index is -5.03. The van der Waals surface area contributed by atoms with Crippen molar-refractivity contribution in [1.29, 1.82) is 0 Å². The first-order valence-electron chi connectivity index (χ1n) is 7.46. The van der Waals surface area contributed by atoms with Crippen molar-refractivity contribution in [3.63, 3.8) is 0 Å². The second-order valence-electron chi connectivity index (χ2n) is 5.81. The molecule has 0 aliphatic rings. The first-order chi connectivity index (χ1) is 11.7. The minimum absolute atomic E-state index is 0.120. The Morgan fingerprint density at radius 2 is 1.76 bits per heavy atom. The number of halogens is 3. The molecule has 1 N–H and O–H groups in total. The molecule has 1 aromatic heterocycles. The molecule has 0 spiro atoms. The summed E-state index contributed by atoms with van der Waals surface area (Å²) >= 11 is 0.737. The van der Waals surface area contributed by atoms with Crippen molar-refractivity contribution >= 4 is 27.3 Å². The van der Waals surface area contributed by atoms with E-state index in [0.29, 0.717) is 10.2 Å². The molecule has 0 bridgehead atoms. The van der Waals surface area contributed by atoms with Crippen molar-refractivity contribution in [3.8, 4) is 0 Å². The van der Waals surface area contributed by atoms with Gasteiger partial charge in [0.1, 0.15) is 5.01 Å². The number of nitrogens with zero attached hydrogens (tertiary/aromatic N) is 1. The highest BCUT2D eigenvalue weighted by Gasteiger charge is 2.58. The predicted molar refractivity (Wildman–Crippen MR) is 89.7 cm³/mol. The number of para-hydroxylation sites is 1. The van der Waals surface area contributed by atoms with Crippen LogP contribution < -0.4 is 0 Å². The number of hydrogen-bond acceptors (Lipinski definition) is 4. The van der Waals surface area contributed by atoms with Gasteiger partial charge in [-0.15, -0.1) is 11.3 Å². The predicted octanol–water partition coefficient (Wildman–Crippen LogP) is 4.63. The summed E-state index contributed by atoms with van der Waals surface area (Å²) < 4.78 is 41.4. The van der Waals surface area contributed by atoms with Gasteiger partial charge < -0.3 is 5.11 Å². The normalized spacial score (nSPS) is 14.4. The van der Waals surface area contributed by atoms with Crippen molar-refractivity contribution in [2.45, 2.75) is 25.1 Å². The standard InChI is InChI=1S/C18H14F3NO2S/c1-11-6-8-12(9-7-11)14(23)10-17(24,18(19,20)21)16-22-13-4-2-3-5-15(13)25-16/h2-9,24H,10H2,1H3/t17-/m1/s1. The van der Waals surface area contributed by atoms with Gasteiger partial charge in [0, 0.05) is 5.56 Å². The topological polar surface area (TPSA) is 50.2 Å². The molecule has 3 nitrogen and oxygen atoms in total. The molecule has 2 aromatic carbocycles. The molecule has 0 aliphatic carbocycles. The van der Waals surface area contributed by atoms with Gasteiger partial charge in [0.05, 0.1) is 16.6 Å². The van der Waals surface area contributed by atoms with E-state index in [2.05, 4.69) is 4.98 Å². The van der Waals surface area contributed by atoms with Crippen molar-refractivity contribution in [2.75, 3.05) is 0 Å². The van der Waals surface area contributed by atoms with Crippen LogP contribution >= 0.6 is 11.3 Å². The Morgan fingerprint density at radius 3 is 2.36 bits per heavy atom. The SMILES string of the molecule is Cc1ccc(C(=O)C[C@@](O)(c2nc3ccccc3s2)C(F)(F)F)cc1. The van der Waals surface area contributed by atoms with E-state index in [9.17, 15) is 23.1 Å². The second kappa shape index (κ2) is 6.24. The van der Waals surface area contributed by atoms with Crippen molar-refractivity contribution in [3.05, 3.63) is 64.7 Å². The molecule has 0 amide bonds. The van der Waals surface area contributed by atoms with Gasteiger partial charge in [0.25, 0.3) is 0 Å². The highest BCUT2D eigenvalue weighted by Crippen LogP contribution is 2.44.